The van der Waals surface area contributed by atoms with E-state index in [-0.39, 0.29) is 35.5 Å². The zero-order valence-corrected chi connectivity index (χ0v) is 28.8. The van der Waals surface area contributed by atoms with Crippen LogP contribution in [0, 0.1) is 0 Å². The number of halogens is 3. The third kappa shape index (κ3) is 9.33. The quantitative estimate of drug-likeness (QED) is 0.154. The van der Waals surface area contributed by atoms with Gasteiger partial charge in [-0.1, -0.05) is 94.6 Å². The first-order valence-electron chi connectivity index (χ1n) is 14.4. The highest BCUT2D eigenvalue weighted by molar-refractivity contribution is 9.10. The number of sulfonamides is 1. The van der Waals surface area contributed by atoms with Crippen LogP contribution in [0.5, 0.6) is 0 Å². The molecule has 2 atom stereocenters. The van der Waals surface area contributed by atoms with Gasteiger partial charge in [0.05, 0.1) is 10.6 Å². The Morgan fingerprint density at radius 2 is 1.51 bits per heavy atom. The molecule has 0 aliphatic heterocycles. The molecule has 0 heterocycles. The minimum Gasteiger partial charge on any atom is -0.352 e. The summed E-state index contributed by atoms with van der Waals surface area (Å²) in [7, 11) is -4.26. The van der Waals surface area contributed by atoms with Crippen LogP contribution in [0.25, 0.3) is 0 Å². The smallest absolute Gasteiger partial charge is 0.264 e. The van der Waals surface area contributed by atoms with E-state index in [1.54, 1.807) is 18.2 Å². The molecule has 4 aromatic rings. The first-order chi connectivity index (χ1) is 21.5. The van der Waals surface area contributed by atoms with Gasteiger partial charge in [0, 0.05) is 33.5 Å². The molecule has 0 saturated carbocycles. The Morgan fingerprint density at radius 1 is 0.844 bits per heavy atom. The van der Waals surface area contributed by atoms with Crippen molar-refractivity contribution in [2.24, 2.45) is 0 Å². The zero-order valence-electron chi connectivity index (χ0n) is 24.9. The molecule has 11 heteroatoms. The van der Waals surface area contributed by atoms with E-state index in [1.807, 2.05) is 68.4 Å². The highest BCUT2D eigenvalue weighted by Gasteiger charge is 2.35. The van der Waals surface area contributed by atoms with Crippen molar-refractivity contribution in [3.05, 3.63) is 129 Å². The largest absolute Gasteiger partial charge is 0.352 e. The Kier molecular flexibility index (Phi) is 12.1. The summed E-state index contributed by atoms with van der Waals surface area (Å²) in [5, 5.41) is 3.71. The monoisotopic (exact) mass is 729 g/mol. The molecule has 0 aliphatic rings. The van der Waals surface area contributed by atoms with Crippen LogP contribution in [0.15, 0.2) is 112 Å². The maximum Gasteiger partial charge on any atom is 0.264 e. The van der Waals surface area contributed by atoms with E-state index in [9.17, 15) is 18.0 Å². The fraction of sp³-hybridized carbons (Fsp3) is 0.235. The summed E-state index contributed by atoms with van der Waals surface area (Å²) in [6, 6.07) is 27.8. The Hall–Kier alpha value is -3.37. The Labute approximate surface area is 283 Å². The average Bonchev–Trinajstić information content (AvgIpc) is 3.02. The normalized spacial score (nSPS) is 12.6. The number of amides is 2. The van der Waals surface area contributed by atoms with Crippen molar-refractivity contribution < 1.29 is 18.0 Å². The van der Waals surface area contributed by atoms with Gasteiger partial charge in [-0.05, 0) is 79.1 Å². The van der Waals surface area contributed by atoms with Gasteiger partial charge in [0.2, 0.25) is 11.8 Å². The number of hydrogen-bond donors (Lipinski definition) is 1. The molecular weight excluding hydrogens is 697 g/mol. The number of nitrogens with zero attached hydrogens (tertiary/aromatic N) is 2. The van der Waals surface area contributed by atoms with Crippen LogP contribution < -0.4 is 9.62 Å². The Morgan fingerprint density at radius 3 is 2.13 bits per heavy atom. The maximum absolute atomic E-state index is 14.5. The summed E-state index contributed by atoms with van der Waals surface area (Å²) in [6.45, 7) is 3.36. The summed E-state index contributed by atoms with van der Waals surface area (Å²) in [4.78, 5) is 29.8. The summed E-state index contributed by atoms with van der Waals surface area (Å²) in [5.41, 5.74) is 1.84. The standard InChI is InChI=1S/C34H34BrCl2N3O4S/c1-3-24(2)38-34(42)32(20-25-8-5-4-6-9-25)39(22-26-12-14-27(35)15-13-26)33(41)23-40(30-11-7-10-29(37)21-30)45(43,44)31-18-16-28(36)17-19-31/h4-19,21,24,32H,3,20,22-23H2,1-2H3,(H,38,42)/t24-,32+/m0/s1. The van der Waals surface area contributed by atoms with Crippen molar-refractivity contribution in [2.45, 2.75) is 50.2 Å². The van der Waals surface area contributed by atoms with Gasteiger partial charge < -0.3 is 10.2 Å². The molecule has 2 amide bonds. The number of nitrogens with one attached hydrogen (secondary N) is 1. The lowest BCUT2D eigenvalue weighted by atomic mass is 10.0. The van der Waals surface area contributed by atoms with E-state index in [4.69, 9.17) is 23.2 Å². The molecule has 1 N–H and O–H groups in total. The molecule has 236 valence electrons. The van der Waals surface area contributed by atoms with E-state index in [2.05, 4.69) is 21.2 Å². The van der Waals surface area contributed by atoms with Crippen LogP contribution in [-0.4, -0.2) is 43.8 Å². The van der Waals surface area contributed by atoms with Gasteiger partial charge in [-0.3, -0.25) is 13.9 Å². The van der Waals surface area contributed by atoms with Gasteiger partial charge in [-0.15, -0.1) is 0 Å². The molecule has 0 bridgehead atoms. The van der Waals surface area contributed by atoms with Crippen molar-refractivity contribution in [3.8, 4) is 0 Å². The van der Waals surface area contributed by atoms with E-state index in [0.29, 0.717) is 16.5 Å². The van der Waals surface area contributed by atoms with E-state index in [0.717, 1.165) is 19.9 Å². The zero-order chi connectivity index (χ0) is 32.6. The number of anilines is 1. The lowest BCUT2D eigenvalue weighted by Crippen LogP contribution is -2.54. The van der Waals surface area contributed by atoms with E-state index < -0.39 is 28.5 Å². The SMILES string of the molecule is CC[C@H](C)NC(=O)[C@@H](Cc1ccccc1)N(Cc1ccc(Br)cc1)C(=O)CN(c1cccc(Cl)c1)S(=O)(=O)c1ccc(Cl)cc1. The number of rotatable bonds is 13. The molecule has 0 radical (unpaired) electrons. The summed E-state index contributed by atoms with van der Waals surface area (Å²) in [5.74, 6) is -0.885. The molecule has 4 rings (SSSR count). The van der Waals surface area contributed by atoms with Crippen LogP contribution in [0.1, 0.15) is 31.4 Å². The Bertz CT molecular complexity index is 1710. The van der Waals surface area contributed by atoms with Gasteiger partial charge in [-0.2, -0.15) is 0 Å². The summed E-state index contributed by atoms with van der Waals surface area (Å²) < 4.78 is 30.0. The minimum absolute atomic E-state index is 0.0468. The topological polar surface area (TPSA) is 86.8 Å². The minimum atomic E-state index is -4.26. The Balaban J connectivity index is 1.80. The van der Waals surface area contributed by atoms with Crippen LogP contribution in [-0.2, 0) is 32.6 Å². The van der Waals surface area contributed by atoms with Gasteiger partial charge in [0.15, 0.2) is 0 Å². The van der Waals surface area contributed by atoms with E-state index in [1.165, 1.54) is 35.2 Å². The number of carbonyl (C=O) groups excluding carboxylic acids is 2. The molecule has 0 aromatic heterocycles. The molecule has 0 aliphatic carbocycles. The second kappa shape index (κ2) is 15.8. The summed E-state index contributed by atoms with van der Waals surface area (Å²) in [6.07, 6.45) is 0.929. The molecule has 7 nitrogen and oxygen atoms in total. The van der Waals surface area contributed by atoms with Gasteiger partial charge in [-0.25, -0.2) is 8.42 Å². The summed E-state index contributed by atoms with van der Waals surface area (Å²) >= 11 is 15.8. The molecule has 45 heavy (non-hydrogen) atoms. The van der Waals surface area contributed by atoms with Crippen molar-refractivity contribution in [1.29, 1.82) is 0 Å². The second-order valence-corrected chi connectivity index (χ2v) is 14.3. The number of carbonyl (C=O) groups is 2. The second-order valence-electron chi connectivity index (χ2n) is 10.6. The van der Waals surface area contributed by atoms with Crippen LogP contribution in [0.4, 0.5) is 5.69 Å². The lowest BCUT2D eigenvalue weighted by Gasteiger charge is -2.34. The highest BCUT2D eigenvalue weighted by atomic mass is 79.9. The van der Waals surface area contributed by atoms with Crippen molar-refractivity contribution in [3.63, 3.8) is 0 Å². The third-order valence-corrected chi connectivity index (χ3v) is 10.1. The highest BCUT2D eigenvalue weighted by Crippen LogP contribution is 2.28. The molecule has 4 aromatic carbocycles. The van der Waals surface area contributed by atoms with Crippen molar-refractivity contribution in [1.82, 2.24) is 10.2 Å². The van der Waals surface area contributed by atoms with Gasteiger partial charge in [0.1, 0.15) is 12.6 Å². The predicted octanol–water partition coefficient (Wildman–Crippen LogP) is 7.51. The van der Waals surface area contributed by atoms with Gasteiger partial charge >= 0.3 is 0 Å². The lowest BCUT2D eigenvalue weighted by molar-refractivity contribution is -0.140. The molecule has 0 saturated heterocycles. The van der Waals surface area contributed by atoms with Crippen LogP contribution in [0.2, 0.25) is 10.0 Å². The van der Waals surface area contributed by atoms with Crippen molar-refractivity contribution in [2.75, 3.05) is 10.8 Å². The number of hydrogen-bond acceptors (Lipinski definition) is 4. The molecule has 0 unspecified atom stereocenters. The van der Waals surface area contributed by atoms with Crippen molar-refractivity contribution >= 4 is 66.7 Å². The fourth-order valence-corrected chi connectivity index (χ4v) is 6.66. The first-order valence-corrected chi connectivity index (χ1v) is 17.4. The molecular formula is C34H34BrCl2N3O4S. The van der Waals surface area contributed by atoms with Crippen LogP contribution >= 0.6 is 39.1 Å². The maximum atomic E-state index is 14.5. The van der Waals surface area contributed by atoms with Crippen LogP contribution in [0.3, 0.4) is 0 Å². The number of benzene rings is 4. The fourth-order valence-electron chi connectivity index (χ4n) is 4.68. The first kappa shape index (κ1) is 34.5. The predicted molar refractivity (Wildman–Crippen MR) is 184 cm³/mol. The average molecular weight is 732 g/mol. The molecule has 0 spiro atoms. The molecule has 0 fully saturated rings. The van der Waals surface area contributed by atoms with E-state index >= 15 is 0 Å². The van der Waals surface area contributed by atoms with Gasteiger partial charge in [0.25, 0.3) is 10.0 Å². The third-order valence-electron chi connectivity index (χ3n) is 7.31.